The molecule has 26 heavy (non-hydrogen) atoms. The van der Waals surface area contributed by atoms with Crippen molar-refractivity contribution < 1.29 is 4.74 Å². The Morgan fingerprint density at radius 1 is 1.31 bits per heavy atom. The highest BCUT2D eigenvalue weighted by Crippen LogP contribution is 2.22. The summed E-state index contributed by atoms with van der Waals surface area (Å²) < 4.78 is 7.12. The van der Waals surface area contributed by atoms with E-state index in [-0.39, 0.29) is 24.0 Å². The van der Waals surface area contributed by atoms with Crippen molar-refractivity contribution in [2.45, 2.75) is 26.3 Å². The second kappa shape index (κ2) is 12.0. The zero-order valence-corrected chi connectivity index (χ0v) is 18.5. The van der Waals surface area contributed by atoms with Crippen molar-refractivity contribution in [2.75, 3.05) is 27.2 Å². The molecule has 0 bridgehead atoms. The van der Waals surface area contributed by atoms with Gasteiger partial charge < -0.3 is 15.4 Å². The Bertz CT molecular complexity index is 705. The lowest BCUT2D eigenvalue weighted by atomic mass is 10.1. The predicted octanol–water partition coefficient (Wildman–Crippen LogP) is 3.27. The van der Waals surface area contributed by atoms with Gasteiger partial charge >= 0.3 is 0 Å². The van der Waals surface area contributed by atoms with Gasteiger partial charge in [-0.2, -0.15) is 5.10 Å². The van der Waals surface area contributed by atoms with Gasteiger partial charge in [0, 0.05) is 37.9 Å². The van der Waals surface area contributed by atoms with E-state index in [1.54, 1.807) is 14.2 Å². The second-order valence-corrected chi connectivity index (χ2v) is 6.17. The minimum absolute atomic E-state index is 0. The number of nitrogens with one attached hydrogen (secondary N) is 2. The molecule has 1 aromatic heterocycles. The molecule has 6 nitrogen and oxygen atoms in total. The molecule has 0 fully saturated rings. The van der Waals surface area contributed by atoms with Crippen LogP contribution in [0.15, 0.2) is 35.6 Å². The van der Waals surface area contributed by atoms with Crippen LogP contribution < -0.4 is 15.4 Å². The molecule has 0 aliphatic rings. The zero-order chi connectivity index (χ0) is 18.1. The van der Waals surface area contributed by atoms with E-state index >= 15 is 0 Å². The Balaban J connectivity index is 0.00000338. The number of benzene rings is 1. The molecule has 2 aromatic rings. The number of guanidine groups is 1. The van der Waals surface area contributed by atoms with E-state index < -0.39 is 0 Å². The molecule has 0 atom stereocenters. The van der Waals surface area contributed by atoms with Crippen LogP contribution in [-0.4, -0.2) is 43.0 Å². The minimum atomic E-state index is 0. The van der Waals surface area contributed by atoms with Crippen LogP contribution in [0.25, 0.3) is 0 Å². The van der Waals surface area contributed by atoms with Crippen molar-refractivity contribution in [2.24, 2.45) is 4.99 Å². The molecule has 0 unspecified atom stereocenters. The Morgan fingerprint density at radius 3 is 2.69 bits per heavy atom. The van der Waals surface area contributed by atoms with Crippen molar-refractivity contribution in [3.8, 4) is 5.75 Å². The molecule has 2 N–H and O–H groups in total. The molecule has 0 amide bonds. The van der Waals surface area contributed by atoms with E-state index in [1.807, 2.05) is 42.2 Å². The van der Waals surface area contributed by atoms with Crippen molar-refractivity contribution in [3.05, 3.63) is 46.7 Å². The van der Waals surface area contributed by atoms with Gasteiger partial charge in [-0.05, 0) is 43.0 Å². The summed E-state index contributed by atoms with van der Waals surface area (Å²) in [6.07, 6.45) is 5.71. The first-order chi connectivity index (χ1) is 12.1. The van der Waals surface area contributed by atoms with Crippen LogP contribution in [0.2, 0.25) is 5.02 Å². The van der Waals surface area contributed by atoms with Gasteiger partial charge in [0.15, 0.2) is 5.96 Å². The molecule has 0 aliphatic heterocycles. The first-order valence-corrected chi connectivity index (χ1v) is 8.76. The monoisotopic (exact) mass is 491 g/mol. The highest BCUT2D eigenvalue weighted by atomic mass is 127. The largest absolute Gasteiger partial charge is 0.497 e. The lowest BCUT2D eigenvalue weighted by Crippen LogP contribution is -2.39. The third-order valence-corrected chi connectivity index (χ3v) is 4.14. The summed E-state index contributed by atoms with van der Waals surface area (Å²) in [7, 11) is 3.41. The van der Waals surface area contributed by atoms with E-state index in [0.29, 0.717) is 0 Å². The maximum atomic E-state index is 6.26. The van der Waals surface area contributed by atoms with Crippen LogP contribution in [0.1, 0.15) is 17.5 Å². The topological polar surface area (TPSA) is 63.5 Å². The van der Waals surface area contributed by atoms with Crippen molar-refractivity contribution in [3.63, 3.8) is 0 Å². The minimum Gasteiger partial charge on any atom is -0.497 e. The summed E-state index contributed by atoms with van der Waals surface area (Å²) in [5.41, 5.74) is 2.27. The molecule has 0 radical (unpaired) electrons. The average Bonchev–Trinajstić information content (AvgIpc) is 3.03. The molecular formula is C18H27ClIN5O. The van der Waals surface area contributed by atoms with Gasteiger partial charge in [0.25, 0.3) is 0 Å². The molecule has 0 aliphatic carbocycles. The summed E-state index contributed by atoms with van der Waals surface area (Å²) >= 11 is 6.26. The lowest BCUT2D eigenvalue weighted by Gasteiger charge is -2.12. The predicted molar refractivity (Wildman–Crippen MR) is 118 cm³/mol. The average molecular weight is 492 g/mol. The molecule has 0 spiro atoms. The summed E-state index contributed by atoms with van der Waals surface area (Å²) in [6, 6.07) is 5.75. The van der Waals surface area contributed by atoms with E-state index in [0.717, 1.165) is 54.8 Å². The van der Waals surface area contributed by atoms with E-state index in [2.05, 4.69) is 20.7 Å². The second-order valence-electron chi connectivity index (χ2n) is 5.77. The van der Waals surface area contributed by atoms with Gasteiger partial charge in [0.2, 0.25) is 0 Å². The normalized spacial score (nSPS) is 11.0. The SMILES string of the molecule is CN=C(NCCCn1cc(C)cn1)NCCc1ccc(OC)cc1Cl.I. The number of aromatic nitrogens is 2. The number of aliphatic imine (C=N–C) groups is 1. The smallest absolute Gasteiger partial charge is 0.190 e. The Hall–Kier alpha value is -1.48. The van der Waals surface area contributed by atoms with Gasteiger partial charge in [0.1, 0.15) is 5.75 Å². The first-order valence-electron chi connectivity index (χ1n) is 8.38. The lowest BCUT2D eigenvalue weighted by molar-refractivity contribution is 0.414. The van der Waals surface area contributed by atoms with Crippen LogP contribution in [0.4, 0.5) is 0 Å². The molecule has 8 heteroatoms. The number of methoxy groups -OCH3 is 1. The van der Waals surface area contributed by atoms with Gasteiger partial charge in [0.05, 0.1) is 13.3 Å². The van der Waals surface area contributed by atoms with E-state index in [1.165, 1.54) is 5.56 Å². The molecule has 0 saturated heterocycles. The number of nitrogens with zero attached hydrogens (tertiary/aromatic N) is 3. The fourth-order valence-electron chi connectivity index (χ4n) is 2.43. The fourth-order valence-corrected chi connectivity index (χ4v) is 2.70. The molecule has 0 saturated carbocycles. The summed E-state index contributed by atoms with van der Waals surface area (Å²) in [5, 5.41) is 11.6. The zero-order valence-electron chi connectivity index (χ0n) is 15.5. The van der Waals surface area contributed by atoms with Gasteiger partial charge in [-0.3, -0.25) is 9.67 Å². The molecule has 144 valence electrons. The maximum absolute atomic E-state index is 6.26. The third kappa shape index (κ3) is 7.41. The summed E-state index contributed by atoms with van der Waals surface area (Å²) in [6.45, 7) is 4.52. The number of aryl methyl sites for hydroxylation is 2. The van der Waals surface area contributed by atoms with Crippen LogP contribution >= 0.6 is 35.6 Å². The highest BCUT2D eigenvalue weighted by molar-refractivity contribution is 14.0. The van der Waals surface area contributed by atoms with Crippen LogP contribution in [0.5, 0.6) is 5.75 Å². The fraction of sp³-hybridized carbons (Fsp3) is 0.444. The van der Waals surface area contributed by atoms with Crippen LogP contribution in [-0.2, 0) is 13.0 Å². The maximum Gasteiger partial charge on any atom is 0.190 e. The van der Waals surface area contributed by atoms with Crippen molar-refractivity contribution in [1.29, 1.82) is 0 Å². The number of halogens is 2. The molecular weight excluding hydrogens is 465 g/mol. The van der Waals surface area contributed by atoms with Crippen molar-refractivity contribution >= 4 is 41.5 Å². The van der Waals surface area contributed by atoms with Gasteiger partial charge in [-0.25, -0.2) is 0 Å². The Labute approximate surface area is 177 Å². The molecule has 1 aromatic carbocycles. The summed E-state index contributed by atoms with van der Waals surface area (Å²) in [5.74, 6) is 1.56. The highest BCUT2D eigenvalue weighted by Gasteiger charge is 2.03. The standard InChI is InChI=1S/C18H26ClN5O.HI/c1-14-12-23-24(13-14)10-4-8-21-18(20-2)22-9-7-15-5-6-16(25-3)11-17(15)19;/h5-6,11-13H,4,7-10H2,1-3H3,(H2,20,21,22);1H. The number of ether oxygens (including phenoxy) is 1. The number of rotatable bonds is 8. The Morgan fingerprint density at radius 2 is 2.08 bits per heavy atom. The summed E-state index contributed by atoms with van der Waals surface area (Å²) in [4.78, 5) is 4.24. The van der Waals surface area contributed by atoms with Gasteiger partial charge in [-0.15, -0.1) is 24.0 Å². The Kier molecular flexibility index (Phi) is 10.4. The molecule has 2 rings (SSSR count). The van der Waals surface area contributed by atoms with Gasteiger partial charge in [-0.1, -0.05) is 17.7 Å². The number of hydrogen-bond acceptors (Lipinski definition) is 3. The molecule has 1 heterocycles. The number of hydrogen-bond donors (Lipinski definition) is 2. The quantitative estimate of drug-likeness (QED) is 0.257. The van der Waals surface area contributed by atoms with E-state index in [9.17, 15) is 0 Å². The van der Waals surface area contributed by atoms with Crippen LogP contribution in [0, 0.1) is 6.92 Å². The first kappa shape index (κ1) is 22.6. The third-order valence-electron chi connectivity index (χ3n) is 3.79. The van der Waals surface area contributed by atoms with Crippen molar-refractivity contribution in [1.82, 2.24) is 20.4 Å². The van der Waals surface area contributed by atoms with E-state index in [4.69, 9.17) is 16.3 Å². The van der Waals surface area contributed by atoms with Crippen LogP contribution in [0.3, 0.4) is 0 Å².